The summed E-state index contributed by atoms with van der Waals surface area (Å²) in [6.45, 7) is 2.06. The average molecular weight is 134 g/mol. The first-order valence-electron chi connectivity index (χ1n) is 3.52. The SMILES string of the molecule is CCC1CC(C(F)F)C1. The lowest BCUT2D eigenvalue weighted by molar-refractivity contribution is 0.00176. The highest BCUT2D eigenvalue weighted by Crippen LogP contribution is 2.39. The molecule has 1 saturated carbocycles. The number of rotatable bonds is 2. The van der Waals surface area contributed by atoms with Crippen LogP contribution in [-0.2, 0) is 0 Å². The molecule has 0 nitrogen and oxygen atoms in total. The molecular formula is C7H12F2. The molecule has 0 aromatic heterocycles. The minimum absolute atomic E-state index is 0.269. The zero-order valence-electron chi connectivity index (χ0n) is 5.61. The van der Waals surface area contributed by atoms with E-state index in [2.05, 4.69) is 6.92 Å². The van der Waals surface area contributed by atoms with E-state index >= 15 is 0 Å². The summed E-state index contributed by atoms with van der Waals surface area (Å²) in [5.41, 5.74) is 0. The number of hydrogen-bond donors (Lipinski definition) is 0. The lowest BCUT2D eigenvalue weighted by Crippen LogP contribution is -2.28. The van der Waals surface area contributed by atoms with Crippen LogP contribution in [0, 0.1) is 11.8 Å². The lowest BCUT2D eigenvalue weighted by Gasteiger charge is -2.33. The molecule has 0 radical (unpaired) electrons. The van der Waals surface area contributed by atoms with Crippen LogP contribution in [0.5, 0.6) is 0 Å². The summed E-state index contributed by atoms with van der Waals surface area (Å²) in [4.78, 5) is 0. The molecule has 0 heterocycles. The normalized spacial score (nSPS) is 34.7. The van der Waals surface area contributed by atoms with Gasteiger partial charge in [-0.25, -0.2) is 8.78 Å². The molecule has 0 bridgehead atoms. The van der Waals surface area contributed by atoms with Gasteiger partial charge in [-0.1, -0.05) is 13.3 Å². The molecule has 0 amide bonds. The Morgan fingerprint density at radius 1 is 1.44 bits per heavy atom. The monoisotopic (exact) mass is 134 g/mol. The van der Waals surface area contributed by atoms with Crippen molar-refractivity contribution in [3.05, 3.63) is 0 Å². The Morgan fingerprint density at radius 2 is 2.00 bits per heavy atom. The van der Waals surface area contributed by atoms with Crippen molar-refractivity contribution in [2.24, 2.45) is 11.8 Å². The zero-order valence-corrected chi connectivity index (χ0v) is 5.61. The van der Waals surface area contributed by atoms with E-state index in [1.165, 1.54) is 0 Å². The van der Waals surface area contributed by atoms with Crippen molar-refractivity contribution in [2.45, 2.75) is 32.6 Å². The van der Waals surface area contributed by atoms with Crippen molar-refractivity contribution < 1.29 is 8.78 Å². The van der Waals surface area contributed by atoms with Crippen LogP contribution in [0.3, 0.4) is 0 Å². The van der Waals surface area contributed by atoms with Gasteiger partial charge >= 0.3 is 0 Å². The van der Waals surface area contributed by atoms with Crippen molar-refractivity contribution in [1.82, 2.24) is 0 Å². The molecule has 0 spiro atoms. The summed E-state index contributed by atoms with van der Waals surface area (Å²) in [5, 5.41) is 0. The molecule has 0 aromatic carbocycles. The molecule has 1 rings (SSSR count). The van der Waals surface area contributed by atoms with Gasteiger partial charge in [0.15, 0.2) is 0 Å². The molecule has 0 aliphatic heterocycles. The Balaban J connectivity index is 2.12. The van der Waals surface area contributed by atoms with E-state index in [-0.39, 0.29) is 5.92 Å². The number of alkyl halides is 2. The summed E-state index contributed by atoms with van der Waals surface area (Å²) in [7, 11) is 0. The number of hydrogen-bond acceptors (Lipinski definition) is 0. The highest BCUT2D eigenvalue weighted by atomic mass is 19.3. The van der Waals surface area contributed by atoms with Crippen molar-refractivity contribution in [3.8, 4) is 0 Å². The van der Waals surface area contributed by atoms with Gasteiger partial charge in [0.05, 0.1) is 0 Å². The van der Waals surface area contributed by atoms with Crippen LogP contribution in [-0.4, -0.2) is 6.43 Å². The second-order valence-corrected chi connectivity index (χ2v) is 2.84. The fraction of sp³-hybridized carbons (Fsp3) is 1.00. The van der Waals surface area contributed by atoms with Crippen molar-refractivity contribution in [3.63, 3.8) is 0 Å². The molecule has 0 atom stereocenters. The summed E-state index contributed by atoms with van der Waals surface area (Å²) in [6, 6.07) is 0. The summed E-state index contributed by atoms with van der Waals surface area (Å²) in [6.07, 6.45) is 0.527. The predicted octanol–water partition coefficient (Wildman–Crippen LogP) is 2.69. The van der Waals surface area contributed by atoms with Gasteiger partial charge in [-0.05, 0) is 18.8 Å². The van der Waals surface area contributed by atoms with Gasteiger partial charge in [-0.3, -0.25) is 0 Å². The largest absolute Gasteiger partial charge is 0.241 e. The third-order valence-corrected chi connectivity index (χ3v) is 2.21. The molecule has 2 heteroatoms. The molecule has 0 aromatic rings. The van der Waals surface area contributed by atoms with E-state index in [0.717, 1.165) is 19.3 Å². The van der Waals surface area contributed by atoms with Crippen LogP contribution in [0.25, 0.3) is 0 Å². The van der Waals surface area contributed by atoms with Crippen LogP contribution < -0.4 is 0 Å². The fourth-order valence-electron chi connectivity index (χ4n) is 1.33. The lowest BCUT2D eigenvalue weighted by atomic mass is 9.74. The molecule has 1 aliphatic carbocycles. The summed E-state index contributed by atoms with van der Waals surface area (Å²) >= 11 is 0. The second kappa shape index (κ2) is 2.63. The summed E-state index contributed by atoms with van der Waals surface area (Å²) < 4.78 is 23.6. The van der Waals surface area contributed by atoms with Crippen LogP contribution in [0.4, 0.5) is 8.78 Å². The predicted molar refractivity (Wildman–Crippen MR) is 32.5 cm³/mol. The van der Waals surface area contributed by atoms with Gasteiger partial charge in [0.1, 0.15) is 0 Å². The van der Waals surface area contributed by atoms with Crippen molar-refractivity contribution >= 4 is 0 Å². The van der Waals surface area contributed by atoms with Crippen LogP contribution >= 0.6 is 0 Å². The van der Waals surface area contributed by atoms with Crippen LogP contribution in [0.15, 0.2) is 0 Å². The van der Waals surface area contributed by atoms with Gasteiger partial charge in [0.2, 0.25) is 6.43 Å². The molecule has 1 aliphatic rings. The third-order valence-electron chi connectivity index (χ3n) is 2.21. The molecule has 54 valence electrons. The maximum absolute atomic E-state index is 11.8. The Bertz CT molecular complexity index is 84.9. The van der Waals surface area contributed by atoms with Gasteiger partial charge in [0, 0.05) is 5.92 Å². The summed E-state index contributed by atoms with van der Waals surface area (Å²) in [5.74, 6) is 0.332. The van der Waals surface area contributed by atoms with Crippen LogP contribution in [0.2, 0.25) is 0 Å². The zero-order chi connectivity index (χ0) is 6.85. The third kappa shape index (κ3) is 1.41. The maximum Gasteiger partial charge on any atom is 0.241 e. The molecule has 0 N–H and O–H groups in total. The van der Waals surface area contributed by atoms with E-state index in [1.54, 1.807) is 0 Å². The molecule has 1 fully saturated rings. The minimum atomic E-state index is -2.06. The van der Waals surface area contributed by atoms with Gasteiger partial charge in [-0.2, -0.15) is 0 Å². The smallest absolute Gasteiger partial charge is 0.210 e. The fourth-order valence-corrected chi connectivity index (χ4v) is 1.33. The Labute approximate surface area is 54.3 Å². The van der Waals surface area contributed by atoms with Gasteiger partial charge in [-0.15, -0.1) is 0 Å². The average Bonchev–Trinajstić information content (AvgIpc) is 1.61. The Hall–Kier alpha value is -0.140. The first-order chi connectivity index (χ1) is 4.24. The molecule has 0 unspecified atom stereocenters. The topological polar surface area (TPSA) is 0 Å². The molecule has 9 heavy (non-hydrogen) atoms. The highest BCUT2D eigenvalue weighted by molar-refractivity contribution is 4.79. The van der Waals surface area contributed by atoms with E-state index in [1.807, 2.05) is 0 Å². The van der Waals surface area contributed by atoms with E-state index in [0.29, 0.717) is 5.92 Å². The van der Waals surface area contributed by atoms with Gasteiger partial charge in [0.25, 0.3) is 0 Å². The number of halogens is 2. The minimum Gasteiger partial charge on any atom is -0.210 e. The van der Waals surface area contributed by atoms with Crippen LogP contribution in [0.1, 0.15) is 26.2 Å². The Morgan fingerprint density at radius 3 is 2.33 bits per heavy atom. The first kappa shape index (κ1) is 6.97. The Kier molecular flexibility index (Phi) is 2.04. The van der Waals surface area contributed by atoms with Crippen molar-refractivity contribution in [1.29, 1.82) is 0 Å². The van der Waals surface area contributed by atoms with E-state index < -0.39 is 6.43 Å². The maximum atomic E-state index is 11.8. The quantitative estimate of drug-likeness (QED) is 0.544. The second-order valence-electron chi connectivity index (χ2n) is 2.84. The van der Waals surface area contributed by atoms with Crippen molar-refractivity contribution in [2.75, 3.05) is 0 Å². The van der Waals surface area contributed by atoms with E-state index in [9.17, 15) is 8.78 Å². The highest BCUT2D eigenvalue weighted by Gasteiger charge is 2.33. The first-order valence-corrected chi connectivity index (χ1v) is 3.52. The molecular weight excluding hydrogens is 122 g/mol. The molecule has 0 saturated heterocycles. The van der Waals surface area contributed by atoms with E-state index in [4.69, 9.17) is 0 Å². The standard InChI is InChI=1S/C7H12F2/c1-2-5-3-6(4-5)7(8)9/h5-7H,2-4H2,1H3. The van der Waals surface area contributed by atoms with Gasteiger partial charge < -0.3 is 0 Å².